The SMILES string of the molecule is CC(NC(C)c1csc(C(C)C)n1)C(=O)NCc1ccc(Cl)cc1. The first-order valence-electron chi connectivity index (χ1n) is 8.10. The zero-order valence-electron chi connectivity index (χ0n) is 14.5. The Bertz CT molecular complexity index is 669. The molecule has 0 aliphatic heterocycles. The van der Waals surface area contributed by atoms with E-state index in [1.807, 2.05) is 38.1 Å². The maximum absolute atomic E-state index is 12.2. The van der Waals surface area contributed by atoms with Gasteiger partial charge in [0.1, 0.15) is 0 Å². The predicted molar refractivity (Wildman–Crippen MR) is 101 cm³/mol. The molecule has 0 fully saturated rings. The van der Waals surface area contributed by atoms with E-state index in [2.05, 4.69) is 34.8 Å². The summed E-state index contributed by atoms with van der Waals surface area (Å²) in [6.45, 7) is 8.65. The van der Waals surface area contributed by atoms with E-state index >= 15 is 0 Å². The molecule has 1 heterocycles. The van der Waals surface area contributed by atoms with Gasteiger partial charge in [-0.2, -0.15) is 0 Å². The fourth-order valence-electron chi connectivity index (χ4n) is 2.25. The van der Waals surface area contributed by atoms with Crippen LogP contribution in [0, 0.1) is 0 Å². The number of aromatic nitrogens is 1. The third-order valence-electron chi connectivity index (χ3n) is 3.75. The number of carbonyl (C=O) groups is 1. The Morgan fingerprint density at radius 3 is 2.46 bits per heavy atom. The van der Waals surface area contributed by atoms with E-state index in [1.165, 1.54) is 0 Å². The Morgan fingerprint density at radius 2 is 1.88 bits per heavy atom. The van der Waals surface area contributed by atoms with Crippen LogP contribution < -0.4 is 10.6 Å². The van der Waals surface area contributed by atoms with Crippen molar-refractivity contribution in [3.05, 3.63) is 50.9 Å². The van der Waals surface area contributed by atoms with Gasteiger partial charge in [-0.25, -0.2) is 4.98 Å². The number of halogens is 1. The van der Waals surface area contributed by atoms with Gasteiger partial charge in [0.05, 0.1) is 16.7 Å². The molecule has 1 aromatic carbocycles. The number of nitrogens with zero attached hydrogens (tertiary/aromatic N) is 1. The van der Waals surface area contributed by atoms with E-state index in [4.69, 9.17) is 11.6 Å². The third-order valence-corrected chi connectivity index (χ3v) is 5.17. The van der Waals surface area contributed by atoms with Crippen molar-refractivity contribution < 1.29 is 4.79 Å². The number of nitrogens with one attached hydrogen (secondary N) is 2. The van der Waals surface area contributed by atoms with Crippen molar-refractivity contribution in [2.45, 2.75) is 52.2 Å². The van der Waals surface area contributed by atoms with Crippen LogP contribution in [0.5, 0.6) is 0 Å². The molecule has 2 unspecified atom stereocenters. The Balaban J connectivity index is 1.84. The van der Waals surface area contributed by atoms with Gasteiger partial charge in [0, 0.05) is 28.9 Å². The van der Waals surface area contributed by atoms with Gasteiger partial charge in [0.15, 0.2) is 0 Å². The molecule has 0 aliphatic carbocycles. The number of thiazole rings is 1. The number of hydrogen-bond donors (Lipinski definition) is 2. The van der Waals surface area contributed by atoms with Crippen molar-refractivity contribution in [2.24, 2.45) is 0 Å². The van der Waals surface area contributed by atoms with Crippen LogP contribution in [0.3, 0.4) is 0 Å². The summed E-state index contributed by atoms with van der Waals surface area (Å²) in [7, 11) is 0. The quantitative estimate of drug-likeness (QED) is 0.770. The number of hydrogen-bond acceptors (Lipinski definition) is 4. The van der Waals surface area contributed by atoms with Crippen molar-refractivity contribution in [1.82, 2.24) is 15.6 Å². The predicted octanol–water partition coefficient (Wildman–Crippen LogP) is 4.28. The second-order valence-electron chi connectivity index (χ2n) is 6.22. The second-order valence-corrected chi connectivity index (χ2v) is 7.55. The molecule has 4 nitrogen and oxygen atoms in total. The smallest absolute Gasteiger partial charge is 0.237 e. The summed E-state index contributed by atoms with van der Waals surface area (Å²) < 4.78 is 0. The first kappa shape index (κ1) is 18.9. The first-order valence-corrected chi connectivity index (χ1v) is 9.36. The minimum Gasteiger partial charge on any atom is -0.351 e. The highest BCUT2D eigenvalue weighted by molar-refractivity contribution is 7.09. The van der Waals surface area contributed by atoms with Gasteiger partial charge >= 0.3 is 0 Å². The molecule has 1 amide bonds. The normalized spacial score (nSPS) is 13.8. The van der Waals surface area contributed by atoms with Crippen molar-refractivity contribution in [3.63, 3.8) is 0 Å². The molecule has 2 rings (SSSR count). The van der Waals surface area contributed by atoms with Gasteiger partial charge in [-0.1, -0.05) is 37.6 Å². The average Bonchev–Trinajstić information content (AvgIpc) is 3.04. The highest BCUT2D eigenvalue weighted by Crippen LogP contribution is 2.22. The van der Waals surface area contributed by atoms with E-state index in [0.717, 1.165) is 16.3 Å². The standard InChI is InChI=1S/C18H24ClN3OS/c1-11(2)18-22-16(10-24-18)12(3)21-13(4)17(23)20-9-14-5-7-15(19)8-6-14/h5-8,10-13,21H,9H2,1-4H3,(H,20,23). The maximum Gasteiger partial charge on any atom is 0.237 e. The molecular weight excluding hydrogens is 342 g/mol. The van der Waals surface area contributed by atoms with Gasteiger partial charge in [-0.05, 0) is 31.5 Å². The topological polar surface area (TPSA) is 54.0 Å². The molecule has 130 valence electrons. The second kappa shape index (κ2) is 8.60. The molecule has 2 atom stereocenters. The molecule has 0 bridgehead atoms. The average molecular weight is 366 g/mol. The number of amides is 1. The zero-order valence-corrected chi connectivity index (χ0v) is 16.0. The van der Waals surface area contributed by atoms with Gasteiger partial charge in [0.2, 0.25) is 5.91 Å². The summed E-state index contributed by atoms with van der Waals surface area (Å²) in [5.41, 5.74) is 2.01. The van der Waals surface area contributed by atoms with Gasteiger partial charge < -0.3 is 5.32 Å². The van der Waals surface area contributed by atoms with Crippen LogP contribution in [0.1, 0.15) is 55.9 Å². The Kier molecular flexibility index (Phi) is 6.78. The number of rotatable bonds is 7. The fourth-order valence-corrected chi connectivity index (χ4v) is 3.30. The van der Waals surface area contributed by atoms with Crippen molar-refractivity contribution in [2.75, 3.05) is 0 Å². The van der Waals surface area contributed by atoms with Crippen molar-refractivity contribution in [1.29, 1.82) is 0 Å². The molecular formula is C18H24ClN3OS. The van der Waals surface area contributed by atoms with Gasteiger partial charge in [-0.3, -0.25) is 10.1 Å². The van der Waals surface area contributed by atoms with E-state index < -0.39 is 0 Å². The van der Waals surface area contributed by atoms with Gasteiger partial charge in [0.25, 0.3) is 0 Å². The third kappa shape index (κ3) is 5.30. The van der Waals surface area contributed by atoms with Crippen molar-refractivity contribution in [3.8, 4) is 0 Å². The maximum atomic E-state index is 12.2. The van der Waals surface area contributed by atoms with Crippen LogP contribution in [0.25, 0.3) is 0 Å². The Labute approximate surface area is 152 Å². The van der Waals surface area contributed by atoms with E-state index in [-0.39, 0.29) is 18.0 Å². The Hall–Kier alpha value is -1.43. The lowest BCUT2D eigenvalue weighted by Crippen LogP contribution is -2.42. The summed E-state index contributed by atoms with van der Waals surface area (Å²) in [4.78, 5) is 16.9. The molecule has 1 aromatic heterocycles. The fraction of sp³-hybridized carbons (Fsp3) is 0.444. The van der Waals surface area contributed by atoms with E-state index in [1.54, 1.807) is 11.3 Å². The molecule has 0 spiro atoms. The van der Waals surface area contributed by atoms with Crippen LogP contribution >= 0.6 is 22.9 Å². The summed E-state index contributed by atoms with van der Waals surface area (Å²) in [5, 5.41) is 10.1. The number of benzene rings is 1. The van der Waals surface area contributed by atoms with Crippen LogP contribution in [-0.4, -0.2) is 16.9 Å². The molecule has 0 saturated carbocycles. The zero-order chi connectivity index (χ0) is 17.7. The van der Waals surface area contributed by atoms with Gasteiger partial charge in [-0.15, -0.1) is 11.3 Å². The summed E-state index contributed by atoms with van der Waals surface area (Å²) in [6.07, 6.45) is 0. The summed E-state index contributed by atoms with van der Waals surface area (Å²) in [5.74, 6) is 0.396. The summed E-state index contributed by atoms with van der Waals surface area (Å²) in [6, 6.07) is 7.20. The molecule has 6 heteroatoms. The van der Waals surface area contributed by atoms with E-state index in [9.17, 15) is 4.79 Å². The lowest BCUT2D eigenvalue weighted by atomic mass is 10.2. The molecule has 24 heavy (non-hydrogen) atoms. The minimum absolute atomic E-state index is 0.0314. The molecule has 2 N–H and O–H groups in total. The highest BCUT2D eigenvalue weighted by Gasteiger charge is 2.18. The monoisotopic (exact) mass is 365 g/mol. The lowest BCUT2D eigenvalue weighted by Gasteiger charge is -2.18. The van der Waals surface area contributed by atoms with Crippen molar-refractivity contribution >= 4 is 28.8 Å². The Morgan fingerprint density at radius 1 is 1.21 bits per heavy atom. The first-order chi connectivity index (χ1) is 11.4. The van der Waals surface area contributed by atoms with Crippen LogP contribution in [0.4, 0.5) is 0 Å². The number of carbonyl (C=O) groups excluding carboxylic acids is 1. The molecule has 0 saturated heterocycles. The van der Waals surface area contributed by atoms with Crippen LogP contribution in [0.2, 0.25) is 5.02 Å². The molecule has 2 aromatic rings. The summed E-state index contributed by atoms with van der Waals surface area (Å²) >= 11 is 7.53. The van der Waals surface area contributed by atoms with E-state index in [0.29, 0.717) is 17.5 Å². The van der Waals surface area contributed by atoms with Crippen LogP contribution in [0.15, 0.2) is 29.6 Å². The lowest BCUT2D eigenvalue weighted by molar-refractivity contribution is -0.123. The van der Waals surface area contributed by atoms with Crippen LogP contribution in [-0.2, 0) is 11.3 Å². The minimum atomic E-state index is -0.295. The molecule has 0 aliphatic rings. The highest BCUT2D eigenvalue weighted by atomic mass is 35.5. The molecule has 0 radical (unpaired) electrons. The largest absolute Gasteiger partial charge is 0.351 e.